The number of carbonyl (C=O) groups is 1. The lowest BCUT2D eigenvalue weighted by Crippen LogP contribution is -2.44. The molecule has 1 aliphatic heterocycles. The third-order valence-corrected chi connectivity index (χ3v) is 7.62. The second-order valence-corrected chi connectivity index (χ2v) is 10.2. The van der Waals surface area contributed by atoms with Crippen LogP contribution in [0.25, 0.3) is 0 Å². The summed E-state index contributed by atoms with van der Waals surface area (Å²) in [7, 11) is -6.97. The summed E-state index contributed by atoms with van der Waals surface area (Å²) in [6.45, 7) is 1.35. The van der Waals surface area contributed by atoms with Crippen molar-refractivity contribution in [1.29, 1.82) is 0 Å². The molecule has 0 saturated carbocycles. The first kappa shape index (κ1) is 19.2. The van der Waals surface area contributed by atoms with Gasteiger partial charge in [0.15, 0.2) is 9.84 Å². The smallest absolute Gasteiger partial charge is 0.243 e. The number of hydrogen-bond donors (Lipinski definition) is 1. The summed E-state index contributed by atoms with van der Waals surface area (Å²) in [4.78, 5) is 12.1. The number of sulfone groups is 1. The molecule has 1 unspecified atom stereocenters. The van der Waals surface area contributed by atoms with Crippen molar-refractivity contribution in [3.63, 3.8) is 0 Å². The van der Waals surface area contributed by atoms with Gasteiger partial charge < -0.3 is 5.32 Å². The van der Waals surface area contributed by atoms with Crippen molar-refractivity contribution in [1.82, 2.24) is 9.62 Å². The number of carbonyl (C=O) groups excluding carboxylic acids is 1. The molecule has 0 spiro atoms. The summed E-state index contributed by atoms with van der Waals surface area (Å²) in [6, 6.07) is 5.35. The van der Waals surface area contributed by atoms with Crippen LogP contribution in [0.1, 0.15) is 13.3 Å². The lowest BCUT2D eigenvalue weighted by atomic mass is 10.2. The van der Waals surface area contributed by atoms with Crippen molar-refractivity contribution >= 4 is 37.4 Å². The van der Waals surface area contributed by atoms with Crippen molar-refractivity contribution in [2.45, 2.75) is 24.3 Å². The van der Waals surface area contributed by atoms with E-state index in [0.717, 1.165) is 4.31 Å². The predicted molar refractivity (Wildman–Crippen MR) is 91.1 cm³/mol. The molecule has 1 fully saturated rings. The van der Waals surface area contributed by atoms with Gasteiger partial charge in [-0.3, -0.25) is 4.79 Å². The molecule has 1 saturated heterocycles. The Morgan fingerprint density at radius 1 is 1.42 bits per heavy atom. The number of rotatable bonds is 6. The maximum atomic E-state index is 12.6. The molecule has 1 N–H and O–H groups in total. The normalized spacial score (nSPS) is 20.2. The lowest BCUT2D eigenvalue weighted by Gasteiger charge is -2.21. The van der Waals surface area contributed by atoms with E-state index in [1.807, 2.05) is 0 Å². The van der Waals surface area contributed by atoms with Crippen LogP contribution >= 0.6 is 11.6 Å². The van der Waals surface area contributed by atoms with Gasteiger partial charge in [-0.2, -0.15) is 4.31 Å². The quantitative estimate of drug-likeness (QED) is 0.763. The average Bonchev–Trinajstić information content (AvgIpc) is 2.83. The fraction of sp³-hybridized carbons (Fsp3) is 0.500. The minimum Gasteiger partial charge on any atom is -0.351 e. The van der Waals surface area contributed by atoms with Gasteiger partial charge in [-0.1, -0.05) is 24.6 Å². The number of likely N-dealkylation sites (N-methyl/N-ethyl adjacent to an activating group) is 1. The minimum absolute atomic E-state index is 0.00749. The van der Waals surface area contributed by atoms with Gasteiger partial charge in [0.2, 0.25) is 15.9 Å². The zero-order valence-electron chi connectivity index (χ0n) is 13.1. The molecule has 134 valence electrons. The SMILES string of the molecule is CCN(CC(=O)NC1CCS(=O)(=O)C1)S(=O)(=O)c1cccc(Cl)c1. The zero-order chi connectivity index (χ0) is 18.0. The molecule has 0 radical (unpaired) electrons. The van der Waals surface area contributed by atoms with Gasteiger partial charge in [-0.15, -0.1) is 0 Å². The lowest BCUT2D eigenvalue weighted by molar-refractivity contribution is -0.121. The highest BCUT2D eigenvalue weighted by molar-refractivity contribution is 7.91. The molecular weight excluding hydrogens is 376 g/mol. The number of nitrogens with one attached hydrogen (secondary N) is 1. The molecule has 1 atom stereocenters. The number of amides is 1. The molecule has 10 heteroatoms. The molecular formula is C14H19ClN2O5S2. The summed E-state index contributed by atoms with van der Waals surface area (Å²) in [5, 5.41) is 2.87. The highest BCUT2D eigenvalue weighted by Gasteiger charge is 2.31. The van der Waals surface area contributed by atoms with Crippen molar-refractivity contribution in [2.24, 2.45) is 0 Å². The van der Waals surface area contributed by atoms with Crippen LogP contribution in [0.3, 0.4) is 0 Å². The van der Waals surface area contributed by atoms with E-state index in [1.54, 1.807) is 13.0 Å². The van der Waals surface area contributed by atoms with E-state index in [-0.39, 0.29) is 34.5 Å². The van der Waals surface area contributed by atoms with E-state index in [1.165, 1.54) is 18.2 Å². The van der Waals surface area contributed by atoms with Crippen LogP contribution in [0.2, 0.25) is 5.02 Å². The fourth-order valence-corrected chi connectivity index (χ4v) is 5.87. The molecule has 2 rings (SSSR count). The molecule has 0 bridgehead atoms. The molecule has 1 heterocycles. The predicted octanol–water partition coefficient (Wildman–Crippen LogP) is 0.654. The Labute approximate surface area is 147 Å². The summed E-state index contributed by atoms with van der Waals surface area (Å²) >= 11 is 5.83. The summed E-state index contributed by atoms with van der Waals surface area (Å²) < 4.78 is 49.0. The van der Waals surface area contributed by atoms with Crippen LogP contribution in [0.4, 0.5) is 0 Å². The summed E-state index contributed by atoms with van der Waals surface area (Å²) in [5.41, 5.74) is 0. The highest BCUT2D eigenvalue weighted by Crippen LogP contribution is 2.19. The van der Waals surface area contributed by atoms with Crippen molar-refractivity contribution < 1.29 is 21.6 Å². The Bertz CT molecular complexity index is 823. The second-order valence-electron chi connectivity index (χ2n) is 5.56. The standard InChI is InChI=1S/C14H19ClN2O5S2/c1-2-17(24(21,22)13-5-3-4-11(15)8-13)9-14(18)16-12-6-7-23(19,20)10-12/h3-5,8,12H,2,6-7,9-10H2,1H3,(H,16,18). The number of halogens is 1. The van der Waals surface area contributed by atoms with Crippen molar-refractivity contribution in [3.05, 3.63) is 29.3 Å². The highest BCUT2D eigenvalue weighted by atomic mass is 35.5. The van der Waals surface area contributed by atoms with E-state index in [4.69, 9.17) is 11.6 Å². The molecule has 1 aliphatic rings. The number of benzene rings is 1. The Kier molecular flexibility index (Phi) is 5.90. The van der Waals surface area contributed by atoms with Crippen LogP contribution in [-0.2, 0) is 24.7 Å². The first-order chi connectivity index (χ1) is 11.1. The molecule has 1 aromatic rings. The Morgan fingerprint density at radius 3 is 2.67 bits per heavy atom. The third kappa shape index (κ3) is 4.69. The van der Waals surface area contributed by atoms with Crippen LogP contribution in [0, 0.1) is 0 Å². The van der Waals surface area contributed by atoms with E-state index in [9.17, 15) is 21.6 Å². The van der Waals surface area contributed by atoms with Gasteiger partial charge >= 0.3 is 0 Å². The molecule has 24 heavy (non-hydrogen) atoms. The molecule has 0 aromatic heterocycles. The molecule has 7 nitrogen and oxygen atoms in total. The maximum absolute atomic E-state index is 12.6. The number of sulfonamides is 1. The maximum Gasteiger partial charge on any atom is 0.243 e. The Hall–Kier alpha value is -1.16. The van der Waals surface area contributed by atoms with Crippen LogP contribution in [-0.4, -0.2) is 57.7 Å². The van der Waals surface area contributed by atoms with Gasteiger partial charge in [-0.25, -0.2) is 16.8 Å². The van der Waals surface area contributed by atoms with Gasteiger partial charge in [-0.05, 0) is 24.6 Å². The van der Waals surface area contributed by atoms with Crippen LogP contribution in [0.5, 0.6) is 0 Å². The fourth-order valence-electron chi connectivity index (χ4n) is 2.49. The van der Waals surface area contributed by atoms with Crippen molar-refractivity contribution in [3.8, 4) is 0 Å². The number of nitrogens with zero attached hydrogens (tertiary/aromatic N) is 1. The van der Waals surface area contributed by atoms with Crippen LogP contribution in [0.15, 0.2) is 29.2 Å². The Balaban J connectivity index is 2.07. The van der Waals surface area contributed by atoms with Crippen LogP contribution < -0.4 is 5.32 Å². The van der Waals surface area contributed by atoms with E-state index >= 15 is 0 Å². The Morgan fingerprint density at radius 2 is 2.12 bits per heavy atom. The summed E-state index contributed by atoms with van der Waals surface area (Å²) in [5.74, 6) is -0.591. The van der Waals surface area contributed by atoms with Gasteiger partial charge in [0.25, 0.3) is 0 Å². The van der Waals surface area contributed by atoms with E-state index in [0.29, 0.717) is 6.42 Å². The third-order valence-electron chi connectivity index (χ3n) is 3.70. The summed E-state index contributed by atoms with van der Waals surface area (Å²) in [6.07, 6.45) is 0.348. The van der Waals surface area contributed by atoms with E-state index in [2.05, 4.69) is 5.32 Å². The topological polar surface area (TPSA) is 101 Å². The van der Waals surface area contributed by atoms with E-state index < -0.39 is 31.8 Å². The van der Waals surface area contributed by atoms with Crippen molar-refractivity contribution in [2.75, 3.05) is 24.6 Å². The second kappa shape index (κ2) is 7.38. The minimum atomic E-state index is -3.86. The first-order valence-corrected chi connectivity index (χ1v) is 11.0. The monoisotopic (exact) mass is 394 g/mol. The zero-order valence-corrected chi connectivity index (χ0v) is 15.5. The number of hydrogen-bond acceptors (Lipinski definition) is 5. The van der Waals surface area contributed by atoms with Gasteiger partial charge in [0.1, 0.15) is 0 Å². The van der Waals surface area contributed by atoms with Gasteiger partial charge in [0, 0.05) is 17.6 Å². The molecule has 1 aromatic carbocycles. The molecule has 0 aliphatic carbocycles. The largest absolute Gasteiger partial charge is 0.351 e. The molecule has 1 amide bonds. The van der Waals surface area contributed by atoms with Gasteiger partial charge in [0.05, 0.1) is 22.9 Å². The first-order valence-electron chi connectivity index (χ1n) is 7.39. The average molecular weight is 395 g/mol.